The van der Waals surface area contributed by atoms with Crippen LogP contribution in [-0.4, -0.2) is 180 Å². The molecule has 3 rings (SSSR count). The molecule has 468 valence electrons. The normalized spacial score (nSPS) is 10.8. The second kappa shape index (κ2) is 30.7. The van der Waals surface area contributed by atoms with Gasteiger partial charge in [-0.1, -0.05) is 76.9 Å². The Bertz CT molecular complexity index is 3480. The molecule has 13 N–H and O–H groups in total. The summed E-state index contributed by atoms with van der Waals surface area (Å²) >= 11 is 0. The highest BCUT2D eigenvalue weighted by atomic mass is 16.6. The van der Waals surface area contributed by atoms with Crippen molar-refractivity contribution in [3.8, 4) is 0 Å². The topological polar surface area (TPSA) is 598 Å². The van der Waals surface area contributed by atoms with Crippen LogP contribution in [0.15, 0.2) is 12.2 Å². The van der Waals surface area contributed by atoms with E-state index in [0.717, 1.165) is 57.8 Å². The van der Waals surface area contributed by atoms with Crippen LogP contribution in [0.25, 0.3) is 0 Å². The zero-order chi connectivity index (χ0) is 66.9. The Morgan fingerprint density at radius 3 is 0.636 bits per heavy atom. The molecule has 3 aromatic carbocycles. The first-order valence-corrected chi connectivity index (χ1v) is 25.2. The molecule has 34 nitrogen and oxygen atoms in total. The van der Waals surface area contributed by atoms with Crippen LogP contribution in [0.3, 0.4) is 0 Å². The SMILES string of the molecule is CCCCCCCC/C=C\CCCCCCCCOC(=O)c1c(C(=O)O)c(C(=O)O)c(C(=O)O)c(C(=O)OC(=O)c2c(C(=O)O)c(C(=O)O)c(C(=O)O)c(C(=O)O)c2C(=O)O)c1C(=O)OC(=O)c1c(C(=O)O)c(C(=O)O)c(C(=O)O)c(C(=O)O)c1C(=O)O. The number of ether oxygens (including phenoxy) is 3. The van der Waals surface area contributed by atoms with Crippen molar-refractivity contribution < 1.29 is 167 Å². The summed E-state index contributed by atoms with van der Waals surface area (Å²) in [6.45, 7) is 1.20. The molecular weight excluding hydrogens is 1190 g/mol. The molecule has 0 radical (unpaired) electrons. The largest absolute Gasteiger partial charge is 0.478 e. The van der Waals surface area contributed by atoms with Crippen molar-refractivity contribution in [3.63, 3.8) is 0 Å². The van der Waals surface area contributed by atoms with Crippen LogP contribution in [0, 0.1) is 0 Å². The van der Waals surface area contributed by atoms with Gasteiger partial charge in [0.25, 0.3) is 0 Å². The van der Waals surface area contributed by atoms with Gasteiger partial charge in [-0.15, -0.1) is 0 Å². The molecule has 0 bridgehead atoms. The molecule has 0 amide bonds. The van der Waals surface area contributed by atoms with Crippen LogP contribution >= 0.6 is 0 Å². The van der Waals surface area contributed by atoms with Gasteiger partial charge in [-0.2, -0.15) is 0 Å². The quantitative estimate of drug-likeness (QED) is 0.0108. The van der Waals surface area contributed by atoms with E-state index in [1.54, 1.807) is 0 Å². The minimum Gasteiger partial charge on any atom is -0.478 e. The molecule has 0 heterocycles. The molecule has 0 fully saturated rings. The Balaban J connectivity index is 2.51. The van der Waals surface area contributed by atoms with Gasteiger partial charge in [-0.3, -0.25) is 0 Å². The maximum absolute atomic E-state index is 14.7. The van der Waals surface area contributed by atoms with E-state index in [4.69, 9.17) is 4.74 Å². The first-order chi connectivity index (χ1) is 41.1. The summed E-state index contributed by atoms with van der Waals surface area (Å²) in [7, 11) is 0. The van der Waals surface area contributed by atoms with Gasteiger partial charge in [0.2, 0.25) is 0 Å². The van der Waals surface area contributed by atoms with E-state index >= 15 is 0 Å². The van der Waals surface area contributed by atoms with E-state index in [1.165, 1.54) is 0 Å². The molecule has 0 aliphatic heterocycles. The summed E-state index contributed by atoms with van der Waals surface area (Å²) < 4.78 is 13.9. The minimum atomic E-state index is -3.13. The van der Waals surface area contributed by atoms with Crippen LogP contribution in [0.5, 0.6) is 0 Å². The van der Waals surface area contributed by atoms with Crippen molar-refractivity contribution in [2.45, 2.75) is 96.8 Å². The molecule has 34 heteroatoms. The number of esters is 5. The summed E-state index contributed by atoms with van der Waals surface area (Å²) in [4.78, 5) is 236. The van der Waals surface area contributed by atoms with Gasteiger partial charge in [0.05, 0.1) is 107 Å². The monoisotopic (exact) mass is 1240 g/mol. The number of rotatable bonds is 34. The van der Waals surface area contributed by atoms with Gasteiger partial charge in [-0.05, 0) is 32.1 Å². The number of carboxylic acid groups (broad SMARTS) is 13. The van der Waals surface area contributed by atoms with Crippen LogP contribution in [0.1, 0.15) is 283 Å². The van der Waals surface area contributed by atoms with Crippen LogP contribution in [-0.2, 0) is 14.2 Å². The molecule has 0 aromatic heterocycles. The number of aromatic carboxylic acids is 13. The number of carboxylic acids is 13. The fraction of sp³-hybridized carbons (Fsp3) is 0.296. The zero-order valence-electron chi connectivity index (χ0n) is 45.1. The summed E-state index contributed by atoms with van der Waals surface area (Å²) in [5.41, 5.74) is -42.3. The Hall–Kier alpha value is -11.7. The third kappa shape index (κ3) is 15.7. The van der Waals surface area contributed by atoms with Crippen molar-refractivity contribution in [2.24, 2.45) is 0 Å². The van der Waals surface area contributed by atoms with Gasteiger partial charge in [0.15, 0.2) is 0 Å². The van der Waals surface area contributed by atoms with E-state index < -0.39 is 214 Å². The predicted molar refractivity (Wildman–Crippen MR) is 279 cm³/mol. The Labute approximate surface area is 489 Å². The second-order valence-electron chi connectivity index (χ2n) is 18.1. The molecule has 0 unspecified atom stereocenters. The number of allylic oxidation sites excluding steroid dienone is 2. The van der Waals surface area contributed by atoms with Crippen molar-refractivity contribution in [1.82, 2.24) is 0 Å². The highest BCUT2D eigenvalue weighted by Gasteiger charge is 2.47. The smallest absolute Gasteiger partial charge is 0.347 e. The number of carbonyl (C=O) groups excluding carboxylic acids is 5. The predicted octanol–water partition coefficient (Wildman–Crippen LogP) is 5.95. The van der Waals surface area contributed by atoms with Crippen molar-refractivity contribution in [3.05, 3.63) is 112 Å². The van der Waals surface area contributed by atoms with E-state index in [2.05, 4.69) is 22.5 Å². The van der Waals surface area contributed by atoms with Gasteiger partial charge < -0.3 is 80.6 Å². The lowest BCUT2D eigenvalue weighted by molar-refractivity contribution is 0.0342. The molecule has 88 heavy (non-hydrogen) atoms. The van der Waals surface area contributed by atoms with Gasteiger partial charge in [0, 0.05) is 0 Å². The maximum Gasteiger partial charge on any atom is 0.347 e. The molecule has 0 saturated heterocycles. The molecule has 0 aliphatic rings. The van der Waals surface area contributed by atoms with Crippen LogP contribution in [0.4, 0.5) is 0 Å². The van der Waals surface area contributed by atoms with E-state index in [1.807, 2.05) is 6.08 Å². The second-order valence-corrected chi connectivity index (χ2v) is 18.1. The molecule has 0 atom stereocenters. The Morgan fingerprint density at radius 1 is 0.239 bits per heavy atom. The van der Waals surface area contributed by atoms with Gasteiger partial charge in [-0.25, -0.2) is 86.3 Å². The lowest BCUT2D eigenvalue weighted by Crippen LogP contribution is -2.33. The lowest BCUT2D eigenvalue weighted by Gasteiger charge is -2.21. The summed E-state index contributed by atoms with van der Waals surface area (Å²) in [6, 6.07) is 0. The van der Waals surface area contributed by atoms with Crippen LogP contribution in [0.2, 0.25) is 0 Å². The number of benzene rings is 3. The average Bonchev–Trinajstić information content (AvgIpc) is 1.83. The summed E-state index contributed by atoms with van der Waals surface area (Å²) in [5, 5.41) is 131. The van der Waals surface area contributed by atoms with E-state index in [9.17, 15) is 153 Å². The third-order valence-electron chi connectivity index (χ3n) is 12.6. The minimum absolute atomic E-state index is 0.154. The lowest BCUT2D eigenvalue weighted by atomic mass is 9.85. The fourth-order valence-electron chi connectivity index (χ4n) is 9.01. The first-order valence-electron chi connectivity index (χ1n) is 25.2. The van der Waals surface area contributed by atoms with Gasteiger partial charge in [0.1, 0.15) is 0 Å². The Morgan fingerprint density at radius 2 is 0.409 bits per heavy atom. The molecular formula is C54H48O34. The molecule has 0 aliphatic carbocycles. The number of unbranched alkanes of at least 4 members (excludes halogenated alkanes) is 12. The molecule has 3 aromatic rings. The zero-order valence-corrected chi connectivity index (χ0v) is 45.1. The first kappa shape index (κ1) is 70.5. The molecule has 0 spiro atoms. The summed E-state index contributed by atoms with van der Waals surface area (Å²) in [6.07, 6.45) is 14.7. The van der Waals surface area contributed by atoms with Crippen molar-refractivity contribution in [2.75, 3.05) is 6.61 Å². The average molecular weight is 1240 g/mol. The Kier molecular flexibility index (Phi) is 24.6. The number of carbonyl (C=O) groups is 18. The van der Waals surface area contributed by atoms with Crippen molar-refractivity contribution >= 4 is 107 Å². The van der Waals surface area contributed by atoms with Crippen LogP contribution < -0.4 is 0 Å². The standard InChI is InChI=1S/C54H48O34/c1-2-3-4-5-6-7-8-9-10-11-12-13-14-15-16-17-18-86-50(81)34-30(48(77)78)25(43(67)68)31(49(79)80)35(53(84)87-51(82)32-26(44(69)70)21(39(59)60)19(37(55)56)22(40(61)62)27(32)45(71)72)36(34)54(85)88-52(83)33-28(46(73)74)23(41(63)64)20(38(57)58)24(42(65)66)29(33)47(75)76/h9-10H,2-8,11-18H2,1H3,(H,55,56)(H,57,58)(H,59,60)(H,61,62)(H,63,64)(H,65,66)(H,67,68)(H,69,70)(H,71,72)(H,73,74)(H,75,76)(H,77,78)(H,79,80)/b10-9-. The molecule has 0 saturated carbocycles. The highest BCUT2D eigenvalue weighted by Crippen LogP contribution is 2.36. The van der Waals surface area contributed by atoms with E-state index in [-0.39, 0.29) is 12.8 Å². The maximum atomic E-state index is 14.7. The van der Waals surface area contributed by atoms with Gasteiger partial charge >= 0.3 is 107 Å². The number of hydrogen-bond acceptors (Lipinski definition) is 21. The third-order valence-corrected chi connectivity index (χ3v) is 12.6. The summed E-state index contributed by atoms with van der Waals surface area (Å²) in [5.74, 6) is -51.3. The number of hydrogen-bond donors (Lipinski definition) is 13. The highest BCUT2D eigenvalue weighted by molar-refractivity contribution is 6.29. The fourth-order valence-corrected chi connectivity index (χ4v) is 9.01. The van der Waals surface area contributed by atoms with Crippen molar-refractivity contribution in [1.29, 1.82) is 0 Å². The van der Waals surface area contributed by atoms with E-state index in [0.29, 0.717) is 19.3 Å².